The fourth-order valence-corrected chi connectivity index (χ4v) is 4.29. The van der Waals surface area contributed by atoms with E-state index >= 15 is 0 Å². The molecule has 3 aromatic carbocycles. The van der Waals surface area contributed by atoms with Crippen molar-refractivity contribution in [1.82, 2.24) is 5.01 Å². The van der Waals surface area contributed by atoms with Crippen LogP contribution >= 0.6 is 0 Å². The maximum atomic E-state index is 12.4. The van der Waals surface area contributed by atoms with Gasteiger partial charge in [0.2, 0.25) is 6.23 Å². The van der Waals surface area contributed by atoms with Crippen LogP contribution in [0, 0.1) is 0 Å². The molecule has 0 radical (unpaired) electrons. The molecule has 3 heterocycles. The van der Waals surface area contributed by atoms with Gasteiger partial charge in [0.1, 0.15) is 23.0 Å². The highest BCUT2D eigenvalue weighted by molar-refractivity contribution is 5.99. The summed E-state index contributed by atoms with van der Waals surface area (Å²) in [6.07, 6.45) is 1.99. The van der Waals surface area contributed by atoms with Gasteiger partial charge in [-0.3, -0.25) is 0 Å². The topological polar surface area (TPSA) is 64.3 Å². The Morgan fingerprint density at radius 1 is 0.909 bits per heavy atom. The molecular weight excluding hydrogens is 416 g/mol. The molecule has 6 rings (SSSR count). The Balaban J connectivity index is 1.29. The van der Waals surface area contributed by atoms with Crippen LogP contribution in [0.15, 0.2) is 107 Å². The van der Waals surface area contributed by atoms with Gasteiger partial charge in [0.25, 0.3) is 0 Å². The van der Waals surface area contributed by atoms with Gasteiger partial charge in [0.05, 0.1) is 17.9 Å². The molecule has 0 fully saturated rings. The van der Waals surface area contributed by atoms with Crippen LogP contribution in [-0.2, 0) is 0 Å². The molecule has 0 spiro atoms. The molecule has 33 heavy (non-hydrogen) atoms. The maximum absolute atomic E-state index is 12.4. The van der Waals surface area contributed by atoms with Crippen molar-refractivity contribution in [2.24, 2.45) is 5.10 Å². The van der Waals surface area contributed by atoms with Crippen LogP contribution in [0.5, 0.6) is 11.5 Å². The van der Waals surface area contributed by atoms with Gasteiger partial charge in [-0.15, -0.1) is 0 Å². The number of hydrazone groups is 1. The van der Waals surface area contributed by atoms with Crippen LogP contribution in [0.1, 0.15) is 45.9 Å². The summed E-state index contributed by atoms with van der Waals surface area (Å²) >= 11 is 0. The van der Waals surface area contributed by atoms with Crippen LogP contribution in [0.3, 0.4) is 0 Å². The van der Waals surface area contributed by atoms with Crippen molar-refractivity contribution in [2.75, 3.05) is 0 Å². The number of para-hydroxylation sites is 1. The van der Waals surface area contributed by atoms with Crippen molar-refractivity contribution in [3.05, 3.63) is 120 Å². The lowest BCUT2D eigenvalue weighted by molar-refractivity contribution is -0.0190. The van der Waals surface area contributed by atoms with Crippen LogP contribution in [0.4, 0.5) is 0 Å². The largest absolute Gasteiger partial charge is 0.464 e. The predicted octanol–water partition coefficient (Wildman–Crippen LogP) is 5.74. The fourth-order valence-electron chi connectivity index (χ4n) is 4.29. The van der Waals surface area contributed by atoms with E-state index in [0.29, 0.717) is 11.3 Å². The number of hydrogen-bond donors (Lipinski definition) is 0. The summed E-state index contributed by atoms with van der Waals surface area (Å²) in [5, 5.41) is 6.86. The van der Waals surface area contributed by atoms with Crippen LogP contribution in [-0.4, -0.2) is 16.7 Å². The molecule has 1 aromatic heterocycles. The first-order chi connectivity index (χ1) is 16.3. The monoisotopic (exact) mass is 436 g/mol. The lowest BCUT2D eigenvalue weighted by Crippen LogP contribution is -2.33. The van der Waals surface area contributed by atoms with E-state index in [0.717, 1.165) is 34.8 Å². The van der Waals surface area contributed by atoms with Crippen LogP contribution in [0.25, 0.3) is 0 Å². The average Bonchev–Trinajstić information content (AvgIpc) is 3.55. The second kappa shape index (κ2) is 7.98. The molecule has 2 aliphatic rings. The molecule has 2 aliphatic heterocycles. The number of esters is 1. The lowest BCUT2D eigenvalue weighted by Gasteiger charge is -2.38. The molecule has 0 amide bonds. The zero-order chi connectivity index (χ0) is 22.2. The molecular formula is C27H20N2O4. The number of fused-ring (bicyclic) bond motifs is 3. The molecule has 6 nitrogen and oxygen atoms in total. The van der Waals surface area contributed by atoms with Gasteiger partial charge < -0.3 is 13.9 Å². The second-order valence-electron chi connectivity index (χ2n) is 7.96. The standard InChI is InChI=1S/C27H20N2O4/c30-27(19-7-2-1-3-8-19)32-20-14-12-18(13-15-20)26-29-23(21-9-4-5-10-24(21)33-26)17-22(28-29)25-11-6-16-31-25/h1-16,23,26H,17H2/t23-,26+/m1/s1. The SMILES string of the molecule is O=C(Oc1ccc([C@@H]2Oc3ccccc3[C@H]3CC(c4ccco4)=NN32)cc1)c1ccccc1. The number of carbonyl (C=O) groups excluding carboxylic acids is 1. The Bertz CT molecular complexity index is 1310. The Morgan fingerprint density at radius 2 is 1.70 bits per heavy atom. The number of nitrogens with zero attached hydrogens (tertiary/aromatic N) is 2. The smallest absolute Gasteiger partial charge is 0.343 e. The normalized spacial score (nSPS) is 18.7. The van der Waals surface area contributed by atoms with Crippen molar-refractivity contribution in [3.63, 3.8) is 0 Å². The third-order valence-corrected chi connectivity index (χ3v) is 5.89. The highest BCUT2D eigenvalue weighted by Gasteiger charge is 2.41. The highest BCUT2D eigenvalue weighted by Crippen LogP contribution is 2.47. The third kappa shape index (κ3) is 3.55. The van der Waals surface area contributed by atoms with E-state index in [1.54, 1.807) is 30.5 Å². The molecule has 0 N–H and O–H groups in total. The van der Waals surface area contributed by atoms with Gasteiger partial charge in [-0.25, -0.2) is 9.80 Å². The minimum atomic E-state index is -0.406. The van der Waals surface area contributed by atoms with Gasteiger partial charge >= 0.3 is 5.97 Å². The number of hydrogen-bond acceptors (Lipinski definition) is 6. The first kappa shape index (κ1) is 19.4. The molecule has 0 aliphatic carbocycles. The van der Waals surface area contributed by atoms with Gasteiger partial charge in [0.15, 0.2) is 0 Å². The molecule has 162 valence electrons. The van der Waals surface area contributed by atoms with Crippen molar-refractivity contribution in [2.45, 2.75) is 18.7 Å². The van der Waals surface area contributed by atoms with E-state index < -0.39 is 12.2 Å². The minimum Gasteiger partial charge on any atom is -0.464 e. The van der Waals surface area contributed by atoms with Gasteiger partial charge in [-0.2, -0.15) is 5.10 Å². The first-order valence-corrected chi connectivity index (χ1v) is 10.8. The summed E-state index contributed by atoms with van der Waals surface area (Å²) in [6, 6.07) is 28.2. The van der Waals surface area contributed by atoms with Crippen molar-refractivity contribution < 1.29 is 18.7 Å². The summed E-state index contributed by atoms with van der Waals surface area (Å²) in [5.74, 6) is 1.70. The predicted molar refractivity (Wildman–Crippen MR) is 122 cm³/mol. The molecule has 0 unspecified atom stereocenters. The number of carbonyl (C=O) groups is 1. The van der Waals surface area contributed by atoms with E-state index in [2.05, 4.69) is 6.07 Å². The van der Waals surface area contributed by atoms with Crippen LogP contribution < -0.4 is 9.47 Å². The van der Waals surface area contributed by atoms with Crippen molar-refractivity contribution >= 4 is 11.7 Å². The summed E-state index contributed by atoms with van der Waals surface area (Å²) in [6.45, 7) is 0. The third-order valence-electron chi connectivity index (χ3n) is 5.89. The van der Waals surface area contributed by atoms with Crippen LogP contribution in [0.2, 0.25) is 0 Å². The maximum Gasteiger partial charge on any atom is 0.343 e. The van der Waals surface area contributed by atoms with E-state index in [9.17, 15) is 4.79 Å². The second-order valence-corrected chi connectivity index (χ2v) is 7.96. The van der Waals surface area contributed by atoms with E-state index in [-0.39, 0.29) is 6.04 Å². The number of benzene rings is 3. The van der Waals surface area contributed by atoms with E-state index in [1.165, 1.54) is 0 Å². The Kier molecular flexibility index (Phi) is 4.69. The van der Waals surface area contributed by atoms with Gasteiger partial charge in [0, 0.05) is 17.5 Å². The molecule has 6 heteroatoms. The summed E-state index contributed by atoms with van der Waals surface area (Å²) in [4.78, 5) is 12.4. The molecule has 4 aromatic rings. The number of ether oxygens (including phenoxy) is 2. The van der Waals surface area contributed by atoms with Crippen molar-refractivity contribution in [3.8, 4) is 11.5 Å². The average molecular weight is 436 g/mol. The molecule has 2 atom stereocenters. The Morgan fingerprint density at radius 3 is 2.48 bits per heavy atom. The highest BCUT2D eigenvalue weighted by atomic mass is 16.5. The zero-order valence-electron chi connectivity index (χ0n) is 17.6. The molecule has 0 bridgehead atoms. The lowest BCUT2D eigenvalue weighted by atomic mass is 9.97. The Hall–Kier alpha value is -4.32. The zero-order valence-corrected chi connectivity index (χ0v) is 17.6. The Labute approximate surface area is 190 Å². The van der Waals surface area contributed by atoms with Gasteiger partial charge in [-0.05, 0) is 54.6 Å². The van der Waals surface area contributed by atoms with Gasteiger partial charge in [-0.1, -0.05) is 36.4 Å². The summed E-state index contributed by atoms with van der Waals surface area (Å²) < 4.78 is 17.5. The first-order valence-electron chi connectivity index (χ1n) is 10.8. The summed E-state index contributed by atoms with van der Waals surface area (Å²) in [7, 11) is 0. The fraction of sp³-hybridized carbons (Fsp3) is 0.111. The minimum absolute atomic E-state index is 0.0515. The number of furan rings is 1. The quantitative estimate of drug-likeness (QED) is 0.301. The molecule has 0 saturated heterocycles. The number of rotatable bonds is 4. The van der Waals surface area contributed by atoms with E-state index in [4.69, 9.17) is 19.0 Å². The van der Waals surface area contributed by atoms with E-state index in [1.807, 2.05) is 65.7 Å². The molecule has 0 saturated carbocycles. The van der Waals surface area contributed by atoms with Crippen molar-refractivity contribution in [1.29, 1.82) is 0 Å². The summed E-state index contributed by atoms with van der Waals surface area (Å²) in [5.41, 5.74) is 3.42.